The summed E-state index contributed by atoms with van der Waals surface area (Å²) in [5.41, 5.74) is 3.92. The molecule has 0 saturated heterocycles. The topological polar surface area (TPSA) is 41.0 Å². The van der Waals surface area contributed by atoms with Crippen LogP contribution in [-0.2, 0) is 0 Å². The van der Waals surface area contributed by atoms with Crippen LogP contribution in [-0.4, -0.2) is 24.1 Å². The fraction of sp³-hybridized carbons (Fsp3) is 0.333. The third-order valence-electron chi connectivity index (χ3n) is 2.48. The molecule has 0 saturated carbocycles. The van der Waals surface area contributed by atoms with Crippen molar-refractivity contribution in [1.82, 2.24) is 9.97 Å². The number of anilines is 2. The molecule has 0 radical (unpaired) electrons. The Hall–Kier alpha value is -1.62. The molecule has 0 aliphatic heterocycles. The van der Waals surface area contributed by atoms with E-state index in [1.807, 2.05) is 42.8 Å². The number of pyridine rings is 1. The molecule has 0 aliphatic rings. The van der Waals surface area contributed by atoms with Gasteiger partial charge < -0.3 is 10.2 Å². The summed E-state index contributed by atoms with van der Waals surface area (Å²) in [5.74, 6) is 0.955. The highest BCUT2D eigenvalue weighted by Gasteiger charge is 2.07. The van der Waals surface area contributed by atoms with Crippen molar-refractivity contribution in [2.75, 3.05) is 24.3 Å². The zero-order chi connectivity index (χ0) is 12.3. The summed E-state index contributed by atoms with van der Waals surface area (Å²) in [7, 11) is 3.96. The van der Waals surface area contributed by atoms with E-state index in [9.17, 15) is 0 Å². The zero-order valence-corrected chi connectivity index (χ0v) is 11.0. The highest BCUT2D eigenvalue weighted by Crippen LogP contribution is 2.19. The molecule has 0 aromatic carbocycles. The fourth-order valence-electron chi connectivity index (χ4n) is 1.50. The largest absolute Gasteiger partial charge is 0.376 e. The van der Waals surface area contributed by atoms with Gasteiger partial charge in [-0.05, 0) is 19.1 Å². The van der Waals surface area contributed by atoms with Crippen molar-refractivity contribution in [3.8, 4) is 0 Å². The van der Waals surface area contributed by atoms with Gasteiger partial charge in [0.1, 0.15) is 5.82 Å². The first-order valence-electron chi connectivity index (χ1n) is 5.45. The van der Waals surface area contributed by atoms with Crippen molar-refractivity contribution >= 4 is 22.8 Å². The minimum Gasteiger partial charge on any atom is -0.376 e. The number of nitrogens with zero attached hydrogens (tertiary/aromatic N) is 3. The Balaban J connectivity index is 2.04. The molecule has 5 heteroatoms. The Morgan fingerprint density at radius 1 is 1.29 bits per heavy atom. The lowest BCUT2D eigenvalue weighted by molar-refractivity contribution is 0.848. The molecule has 17 heavy (non-hydrogen) atoms. The van der Waals surface area contributed by atoms with Crippen LogP contribution < -0.4 is 10.2 Å². The molecule has 0 spiro atoms. The standard InChI is InChI=1S/C12H16N4S/c1-9(11-7-17-8-14-11)15-10-4-5-12(13-6-10)16(2)3/h4-9,15H,1-3H3. The molecule has 0 fully saturated rings. The second-order valence-electron chi connectivity index (χ2n) is 4.08. The Bertz CT molecular complexity index is 450. The number of aromatic nitrogens is 2. The molecule has 2 rings (SSSR count). The van der Waals surface area contributed by atoms with E-state index in [-0.39, 0.29) is 6.04 Å². The Labute approximate surface area is 105 Å². The van der Waals surface area contributed by atoms with Gasteiger partial charge >= 0.3 is 0 Å². The van der Waals surface area contributed by atoms with Gasteiger partial charge in [0.15, 0.2) is 0 Å². The van der Waals surface area contributed by atoms with Crippen LogP contribution in [0, 0.1) is 0 Å². The summed E-state index contributed by atoms with van der Waals surface area (Å²) >= 11 is 1.61. The lowest BCUT2D eigenvalue weighted by atomic mass is 10.2. The van der Waals surface area contributed by atoms with Crippen molar-refractivity contribution in [3.63, 3.8) is 0 Å². The highest BCUT2D eigenvalue weighted by molar-refractivity contribution is 7.07. The van der Waals surface area contributed by atoms with E-state index in [1.165, 1.54) is 0 Å². The van der Waals surface area contributed by atoms with Crippen molar-refractivity contribution in [3.05, 3.63) is 34.9 Å². The summed E-state index contributed by atoms with van der Waals surface area (Å²) in [6.45, 7) is 2.09. The molecule has 0 bridgehead atoms. The van der Waals surface area contributed by atoms with Crippen LogP contribution in [0.15, 0.2) is 29.2 Å². The van der Waals surface area contributed by atoms with Crippen LogP contribution in [0.25, 0.3) is 0 Å². The van der Waals surface area contributed by atoms with E-state index in [1.54, 1.807) is 11.3 Å². The maximum absolute atomic E-state index is 4.36. The van der Waals surface area contributed by atoms with Gasteiger partial charge in [0.2, 0.25) is 0 Å². The molecular formula is C12H16N4S. The summed E-state index contributed by atoms with van der Waals surface area (Å²) in [5, 5.41) is 5.43. The van der Waals surface area contributed by atoms with Gasteiger partial charge in [0.05, 0.1) is 29.1 Å². The summed E-state index contributed by atoms with van der Waals surface area (Å²) in [6, 6.07) is 4.23. The molecule has 90 valence electrons. The van der Waals surface area contributed by atoms with Crippen molar-refractivity contribution in [2.24, 2.45) is 0 Å². The lowest BCUT2D eigenvalue weighted by Gasteiger charge is -2.15. The minimum atomic E-state index is 0.202. The van der Waals surface area contributed by atoms with Crippen LogP contribution in [0.2, 0.25) is 0 Å². The normalized spacial score (nSPS) is 12.2. The SMILES string of the molecule is CC(Nc1ccc(N(C)C)nc1)c1cscn1. The van der Waals surface area contributed by atoms with E-state index in [0.29, 0.717) is 0 Å². The molecular weight excluding hydrogens is 232 g/mol. The van der Waals surface area contributed by atoms with Gasteiger partial charge in [-0.1, -0.05) is 0 Å². The maximum Gasteiger partial charge on any atom is 0.128 e. The number of rotatable bonds is 4. The lowest BCUT2D eigenvalue weighted by Crippen LogP contribution is -2.11. The number of nitrogens with one attached hydrogen (secondary N) is 1. The maximum atomic E-state index is 4.36. The van der Waals surface area contributed by atoms with Crippen LogP contribution in [0.4, 0.5) is 11.5 Å². The summed E-state index contributed by atoms with van der Waals surface area (Å²) < 4.78 is 0. The van der Waals surface area contributed by atoms with Crippen molar-refractivity contribution in [2.45, 2.75) is 13.0 Å². The minimum absolute atomic E-state index is 0.202. The quantitative estimate of drug-likeness (QED) is 0.903. The van der Waals surface area contributed by atoms with Crippen LogP contribution in [0.3, 0.4) is 0 Å². The highest BCUT2D eigenvalue weighted by atomic mass is 32.1. The van der Waals surface area contributed by atoms with E-state index in [4.69, 9.17) is 0 Å². The summed E-state index contributed by atoms with van der Waals surface area (Å²) in [6.07, 6.45) is 1.85. The van der Waals surface area contributed by atoms with E-state index in [0.717, 1.165) is 17.2 Å². The van der Waals surface area contributed by atoms with Crippen LogP contribution >= 0.6 is 11.3 Å². The number of hydrogen-bond acceptors (Lipinski definition) is 5. The van der Waals surface area contributed by atoms with Gasteiger partial charge in [-0.2, -0.15) is 0 Å². The average molecular weight is 248 g/mol. The van der Waals surface area contributed by atoms with Gasteiger partial charge in [0, 0.05) is 19.5 Å². The Morgan fingerprint density at radius 3 is 2.65 bits per heavy atom. The fourth-order valence-corrected chi connectivity index (χ4v) is 2.14. The first kappa shape index (κ1) is 11.9. The van der Waals surface area contributed by atoms with Crippen molar-refractivity contribution in [1.29, 1.82) is 0 Å². The summed E-state index contributed by atoms with van der Waals surface area (Å²) in [4.78, 5) is 10.6. The average Bonchev–Trinajstić information content (AvgIpc) is 2.83. The second-order valence-corrected chi connectivity index (χ2v) is 4.80. The predicted molar refractivity (Wildman–Crippen MR) is 72.7 cm³/mol. The molecule has 0 amide bonds. The first-order chi connectivity index (χ1) is 8.16. The zero-order valence-electron chi connectivity index (χ0n) is 10.2. The third kappa shape index (κ3) is 2.94. The second kappa shape index (κ2) is 5.14. The molecule has 0 aliphatic carbocycles. The van der Waals surface area contributed by atoms with Gasteiger partial charge in [-0.25, -0.2) is 9.97 Å². The van der Waals surface area contributed by atoms with Gasteiger partial charge in [-0.3, -0.25) is 0 Å². The molecule has 2 aromatic heterocycles. The smallest absolute Gasteiger partial charge is 0.128 e. The van der Waals surface area contributed by atoms with Gasteiger partial charge in [-0.15, -0.1) is 11.3 Å². The molecule has 2 aromatic rings. The molecule has 2 heterocycles. The van der Waals surface area contributed by atoms with Crippen molar-refractivity contribution < 1.29 is 0 Å². The molecule has 4 nitrogen and oxygen atoms in total. The van der Waals surface area contributed by atoms with E-state index < -0.39 is 0 Å². The third-order valence-corrected chi connectivity index (χ3v) is 3.09. The van der Waals surface area contributed by atoms with Gasteiger partial charge in [0.25, 0.3) is 0 Å². The Kier molecular flexibility index (Phi) is 3.58. The molecule has 1 atom stereocenters. The number of hydrogen-bond donors (Lipinski definition) is 1. The first-order valence-corrected chi connectivity index (χ1v) is 6.39. The molecule has 1 unspecified atom stereocenters. The number of thiazole rings is 1. The molecule has 1 N–H and O–H groups in total. The Morgan fingerprint density at radius 2 is 2.12 bits per heavy atom. The van der Waals surface area contributed by atoms with Crippen LogP contribution in [0.5, 0.6) is 0 Å². The van der Waals surface area contributed by atoms with Crippen LogP contribution in [0.1, 0.15) is 18.7 Å². The predicted octanol–water partition coefficient (Wildman–Crippen LogP) is 2.78. The van der Waals surface area contributed by atoms with E-state index in [2.05, 4.69) is 27.6 Å². The van der Waals surface area contributed by atoms with E-state index >= 15 is 0 Å². The monoisotopic (exact) mass is 248 g/mol.